The van der Waals surface area contributed by atoms with Gasteiger partial charge in [-0.3, -0.25) is 10.1 Å². The minimum Gasteiger partial charge on any atom is -0.508 e. The van der Waals surface area contributed by atoms with Crippen molar-refractivity contribution in [2.75, 3.05) is 19.5 Å². The Balaban J connectivity index is 3.15. The standard InChI is InChI=1S/C12H12N2O7/c1-20-11(16)6-10(12(17)21-2)13-7-3-8(14(18)19)5-9(15)4-7/h3-6,13,15H,1-2H3/b10-6+. The van der Waals surface area contributed by atoms with Crippen LogP contribution in [0.25, 0.3) is 0 Å². The summed E-state index contributed by atoms with van der Waals surface area (Å²) < 4.78 is 8.84. The number of aromatic hydroxyl groups is 1. The van der Waals surface area contributed by atoms with Crippen LogP contribution in [0.1, 0.15) is 0 Å². The lowest BCUT2D eigenvalue weighted by Gasteiger charge is -2.09. The van der Waals surface area contributed by atoms with E-state index in [1.54, 1.807) is 0 Å². The third-order valence-electron chi connectivity index (χ3n) is 2.26. The molecule has 0 aliphatic rings. The largest absolute Gasteiger partial charge is 0.508 e. The van der Waals surface area contributed by atoms with Crippen LogP contribution in [0.5, 0.6) is 5.75 Å². The van der Waals surface area contributed by atoms with E-state index in [0.717, 1.165) is 38.5 Å². The molecule has 0 amide bonds. The molecule has 9 nitrogen and oxygen atoms in total. The van der Waals surface area contributed by atoms with Gasteiger partial charge in [0.05, 0.1) is 31.3 Å². The van der Waals surface area contributed by atoms with Crippen molar-refractivity contribution in [2.45, 2.75) is 0 Å². The molecule has 0 unspecified atom stereocenters. The van der Waals surface area contributed by atoms with Crippen molar-refractivity contribution in [2.24, 2.45) is 0 Å². The molecule has 0 saturated heterocycles. The van der Waals surface area contributed by atoms with E-state index in [2.05, 4.69) is 14.8 Å². The van der Waals surface area contributed by atoms with Crippen molar-refractivity contribution in [1.29, 1.82) is 0 Å². The van der Waals surface area contributed by atoms with Crippen molar-refractivity contribution < 1.29 is 29.1 Å². The number of non-ortho nitro benzene ring substituents is 1. The van der Waals surface area contributed by atoms with Gasteiger partial charge >= 0.3 is 11.9 Å². The van der Waals surface area contributed by atoms with Crippen LogP contribution in [0.15, 0.2) is 30.0 Å². The summed E-state index contributed by atoms with van der Waals surface area (Å²) in [6.07, 6.45) is 0.821. The molecule has 1 rings (SSSR count). The van der Waals surface area contributed by atoms with Crippen molar-refractivity contribution in [3.8, 4) is 5.75 Å². The Morgan fingerprint density at radius 1 is 1.29 bits per heavy atom. The van der Waals surface area contributed by atoms with Gasteiger partial charge in [0, 0.05) is 17.8 Å². The summed E-state index contributed by atoms with van der Waals surface area (Å²) in [5.74, 6) is -2.09. The van der Waals surface area contributed by atoms with Gasteiger partial charge in [0.2, 0.25) is 0 Å². The number of nitrogens with one attached hydrogen (secondary N) is 1. The molecule has 112 valence electrons. The molecule has 0 aliphatic heterocycles. The smallest absolute Gasteiger partial charge is 0.354 e. The predicted octanol–water partition coefficient (Wildman–Crippen LogP) is 0.942. The van der Waals surface area contributed by atoms with Gasteiger partial charge in [0.15, 0.2) is 0 Å². The Hall–Kier alpha value is -3.10. The van der Waals surface area contributed by atoms with Crippen molar-refractivity contribution in [3.05, 3.63) is 40.1 Å². The van der Waals surface area contributed by atoms with E-state index >= 15 is 0 Å². The molecule has 9 heteroatoms. The first-order valence-corrected chi connectivity index (χ1v) is 5.50. The Kier molecular flexibility index (Phi) is 5.24. The van der Waals surface area contributed by atoms with Crippen LogP contribution in [-0.2, 0) is 19.1 Å². The maximum Gasteiger partial charge on any atom is 0.354 e. The number of carbonyl (C=O) groups is 2. The molecule has 0 heterocycles. The van der Waals surface area contributed by atoms with E-state index in [1.165, 1.54) is 0 Å². The van der Waals surface area contributed by atoms with Gasteiger partial charge < -0.3 is 19.9 Å². The SMILES string of the molecule is COC(=O)/C=C(/Nc1cc(O)cc([N+](=O)[O-])c1)C(=O)OC. The number of hydrogen-bond donors (Lipinski definition) is 2. The lowest BCUT2D eigenvalue weighted by atomic mass is 10.2. The van der Waals surface area contributed by atoms with Crippen LogP contribution in [0, 0.1) is 10.1 Å². The van der Waals surface area contributed by atoms with Crippen LogP contribution in [0.3, 0.4) is 0 Å². The highest BCUT2D eigenvalue weighted by Crippen LogP contribution is 2.25. The summed E-state index contributed by atoms with van der Waals surface area (Å²) in [4.78, 5) is 32.7. The minimum absolute atomic E-state index is 0.0299. The molecule has 0 spiro atoms. The fourth-order valence-corrected chi connectivity index (χ4v) is 1.36. The fourth-order valence-electron chi connectivity index (χ4n) is 1.36. The molecular weight excluding hydrogens is 284 g/mol. The first kappa shape index (κ1) is 16.0. The molecule has 0 radical (unpaired) electrons. The van der Waals surface area contributed by atoms with Crippen LogP contribution < -0.4 is 5.32 Å². The van der Waals surface area contributed by atoms with Gasteiger partial charge in [0.25, 0.3) is 5.69 Å². The zero-order chi connectivity index (χ0) is 16.0. The molecule has 1 aromatic carbocycles. The molecule has 2 N–H and O–H groups in total. The topological polar surface area (TPSA) is 128 Å². The molecule has 1 aromatic rings. The van der Waals surface area contributed by atoms with Gasteiger partial charge in [0.1, 0.15) is 11.4 Å². The highest BCUT2D eigenvalue weighted by atomic mass is 16.6. The number of methoxy groups -OCH3 is 2. The number of carbonyl (C=O) groups excluding carboxylic acids is 2. The fraction of sp³-hybridized carbons (Fsp3) is 0.167. The van der Waals surface area contributed by atoms with Crippen molar-refractivity contribution >= 4 is 23.3 Å². The molecule has 0 atom stereocenters. The number of nitro benzene ring substituents is 1. The molecule has 0 bridgehead atoms. The Labute approximate surface area is 118 Å². The van der Waals surface area contributed by atoms with Crippen molar-refractivity contribution in [3.63, 3.8) is 0 Å². The molecule has 0 saturated carbocycles. The average molecular weight is 296 g/mol. The Morgan fingerprint density at radius 3 is 2.48 bits per heavy atom. The maximum atomic E-state index is 11.5. The number of nitro groups is 1. The lowest BCUT2D eigenvalue weighted by molar-refractivity contribution is -0.384. The lowest BCUT2D eigenvalue weighted by Crippen LogP contribution is -2.15. The van der Waals surface area contributed by atoms with Gasteiger partial charge in [-0.2, -0.15) is 0 Å². The second-order valence-corrected chi connectivity index (χ2v) is 3.69. The third kappa shape index (κ3) is 4.49. The van der Waals surface area contributed by atoms with Gasteiger partial charge in [-0.15, -0.1) is 0 Å². The summed E-state index contributed by atoms with van der Waals surface area (Å²) in [7, 11) is 2.22. The van der Waals surface area contributed by atoms with E-state index in [4.69, 9.17) is 0 Å². The van der Waals surface area contributed by atoms with Crippen LogP contribution in [0.4, 0.5) is 11.4 Å². The molecule has 21 heavy (non-hydrogen) atoms. The number of phenolic OH excluding ortho intramolecular Hbond substituents is 1. The first-order chi connectivity index (χ1) is 9.87. The van der Waals surface area contributed by atoms with Gasteiger partial charge in [-0.25, -0.2) is 9.59 Å². The summed E-state index contributed by atoms with van der Waals surface area (Å²) in [6.45, 7) is 0. The Morgan fingerprint density at radius 2 is 1.95 bits per heavy atom. The number of rotatable bonds is 5. The molecule has 0 aromatic heterocycles. The number of ether oxygens (including phenoxy) is 2. The molecule has 0 fully saturated rings. The Bertz CT molecular complexity index is 610. The van der Waals surface area contributed by atoms with E-state index in [9.17, 15) is 24.8 Å². The molecule has 0 aliphatic carbocycles. The van der Waals surface area contributed by atoms with Crippen LogP contribution in [-0.4, -0.2) is 36.2 Å². The number of anilines is 1. The number of nitrogens with zero attached hydrogens (tertiary/aromatic N) is 1. The minimum atomic E-state index is -0.883. The first-order valence-electron chi connectivity index (χ1n) is 5.50. The van der Waals surface area contributed by atoms with Crippen molar-refractivity contribution in [1.82, 2.24) is 0 Å². The summed E-state index contributed by atoms with van der Waals surface area (Å²) in [5.41, 5.74) is -0.661. The third-order valence-corrected chi connectivity index (χ3v) is 2.26. The summed E-state index contributed by atoms with van der Waals surface area (Å²) in [6, 6.07) is 3.15. The van der Waals surface area contributed by atoms with E-state index in [1.807, 2.05) is 0 Å². The van der Waals surface area contributed by atoms with Gasteiger partial charge in [-0.05, 0) is 0 Å². The normalized spacial score (nSPS) is 10.7. The second kappa shape index (κ2) is 6.89. The number of phenols is 1. The second-order valence-electron chi connectivity index (χ2n) is 3.69. The average Bonchev–Trinajstić information content (AvgIpc) is 2.44. The number of benzene rings is 1. The monoisotopic (exact) mass is 296 g/mol. The summed E-state index contributed by atoms with van der Waals surface area (Å²) in [5, 5.41) is 22.6. The van der Waals surface area contributed by atoms with Crippen LogP contribution in [0.2, 0.25) is 0 Å². The zero-order valence-electron chi connectivity index (χ0n) is 11.2. The van der Waals surface area contributed by atoms with Gasteiger partial charge in [-0.1, -0.05) is 0 Å². The maximum absolute atomic E-state index is 11.5. The highest BCUT2D eigenvalue weighted by molar-refractivity contribution is 5.98. The highest BCUT2D eigenvalue weighted by Gasteiger charge is 2.15. The van der Waals surface area contributed by atoms with E-state index in [-0.39, 0.29) is 22.8 Å². The zero-order valence-corrected chi connectivity index (χ0v) is 11.2. The summed E-state index contributed by atoms with van der Waals surface area (Å²) >= 11 is 0. The number of hydrogen-bond acceptors (Lipinski definition) is 8. The van der Waals surface area contributed by atoms with E-state index in [0.29, 0.717) is 0 Å². The predicted molar refractivity (Wildman–Crippen MR) is 70.5 cm³/mol. The quantitative estimate of drug-likeness (QED) is 0.355. The number of esters is 2. The van der Waals surface area contributed by atoms with E-state index < -0.39 is 16.9 Å². The van der Waals surface area contributed by atoms with Crippen LogP contribution >= 0.6 is 0 Å². The molecular formula is C12H12N2O7.